The van der Waals surface area contributed by atoms with Gasteiger partial charge in [-0.2, -0.15) is 5.10 Å². The van der Waals surface area contributed by atoms with Gasteiger partial charge in [-0.05, 0) is 12.1 Å². The summed E-state index contributed by atoms with van der Waals surface area (Å²) in [7, 11) is 4.53. The van der Waals surface area contributed by atoms with Crippen LogP contribution in [0.25, 0.3) is 10.1 Å². The van der Waals surface area contributed by atoms with Crippen LogP contribution >= 0.6 is 11.3 Å². The molecule has 0 fully saturated rings. The molecule has 1 heterocycles. The second kappa shape index (κ2) is 8.57. The summed E-state index contributed by atoms with van der Waals surface area (Å²) in [5.41, 5.74) is 2.94. The number of hydrogen-bond donors (Lipinski definition) is 1. The Hall–Kier alpha value is -3.66. The summed E-state index contributed by atoms with van der Waals surface area (Å²) < 4.78 is 16.6. The van der Waals surface area contributed by atoms with Crippen molar-refractivity contribution >= 4 is 39.2 Å². The number of hydrogen-bond acceptors (Lipinski definition) is 8. The second-order valence-corrected chi connectivity index (χ2v) is 6.82. The molecule has 0 unspecified atom stereocenters. The maximum Gasteiger partial charge on any atom is 0.281 e. The van der Waals surface area contributed by atoms with Crippen molar-refractivity contribution in [1.82, 2.24) is 5.43 Å². The summed E-state index contributed by atoms with van der Waals surface area (Å²) >= 11 is 1.22. The molecule has 0 spiro atoms. The number of nitrogens with one attached hydrogen (secondary N) is 1. The number of nitro groups is 1. The van der Waals surface area contributed by atoms with Gasteiger partial charge in [-0.15, -0.1) is 11.3 Å². The number of thiophene rings is 1. The number of nitro benzene ring substituents is 1. The molecule has 0 saturated carbocycles. The zero-order valence-corrected chi connectivity index (χ0v) is 16.6. The molecule has 9 nitrogen and oxygen atoms in total. The molecule has 0 saturated heterocycles. The molecule has 0 radical (unpaired) electrons. The number of carbonyl (C=O) groups excluding carboxylic acids is 1. The Balaban J connectivity index is 1.81. The van der Waals surface area contributed by atoms with Gasteiger partial charge in [0.2, 0.25) is 0 Å². The molecule has 0 aliphatic rings. The van der Waals surface area contributed by atoms with Gasteiger partial charge in [-0.1, -0.05) is 0 Å². The number of rotatable bonds is 7. The highest BCUT2D eigenvalue weighted by molar-refractivity contribution is 7.20. The molecule has 1 N–H and O–H groups in total. The molecule has 29 heavy (non-hydrogen) atoms. The first-order valence-corrected chi connectivity index (χ1v) is 9.10. The van der Waals surface area contributed by atoms with E-state index >= 15 is 0 Å². The van der Waals surface area contributed by atoms with Crippen LogP contribution in [0.5, 0.6) is 17.2 Å². The zero-order valence-electron chi connectivity index (χ0n) is 15.8. The van der Waals surface area contributed by atoms with Crippen LogP contribution in [0.4, 0.5) is 5.69 Å². The van der Waals surface area contributed by atoms with E-state index in [4.69, 9.17) is 14.2 Å². The van der Waals surface area contributed by atoms with Crippen LogP contribution in [0.2, 0.25) is 0 Å². The number of amides is 1. The number of nitrogens with zero attached hydrogens (tertiary/aromatic N) is 2. The van der Waals surface area contributed by atoms with Gasteiger partial charge < -0.3 is 14.2 Å². The van der Waals surface area contributed by atoms with Gasteiger partial charge in [0.05, 0.1) is 42.9 Å². The van der Waals surface area contributed by atoms with Gasteiger partial charge in [0.15, 0.2) is 0 Å². The van der Waals surface area contributed by atoms with Crippen molar-refractivity contribution in [3.05, 3.63) is 57.0 Å². The van der Waals surface area contributed by atoms with E-state index in [1.165, 1.54) is 51.0 Å². The highest BCUT2D eigenvalue weighted by atomic mass is 32.1. The van der Waals surface area contributed by atoms with Crippen molar-refractivity contribution in [3.8, 4) is 17.2 Å². The molecule has 3 rings (SSSR count). The van der Waals surface area contributed by atoms with Crippen LogP contribution in [0.15, 0.2) is 41.5 Å². The lowest BCUT2D eigenvalue weighted by molar-refractivity contribution is -0.384. The molecule has 0 aliphatic carbocycles. The Kier molecular flexibility index (Phi) is 5.93. The van der Waals surface area contributed by atoms with Crippen molar-refractivity contribution in [1.29, 1.82) is 0 Å². The minimum absolute atomic E-state index is 0.0287. The molecule has 0 bridgehead atoms. The van der Waals surface area contributed by atoms with Gasteiger partial charge in [0.1, 0.15) is 17.2 Å². The number of non-ortho nitro benzene ring substituents is 1. The quantitative estimate of drug-likeness (QED) is 0.358. The molecule has 3 aromatic rings. The minimum Gasteiger partial charge on any atom is -0.496 e. The predicted octanol–water partition coefficient (Wildman–Crippen LogP) is 3.60. The van der Waals surface area contributed by atoms with Crippen molar-refractivity contribution in [2.75, 3.05) is 21.3 Å². The summed E-state index contributed by atoms with van der Waals surface area (Å²) in [6.45, 7) is 0. The summed E-state index contributed by atoms with van der Waals surface area (Å²) in [6, 6.07) is 9.38. The van der Waals surface area contributed by atoms with Gasteiger partial charge >= 0.3 is 0 Å². The monoisotopic (exact) mass is 415 g/mol. The Bertz CT molecular complexity index is 1080. The molecule has 10 heteroatoms. The van der Waals surface area contributed by atoms with Crippen molar-refractivity contribution < 1.29 is 23.9 Å². The zero-order chi connectivity index (χ0) is 21.0. The van der Waals surface area contributed by atoms with Crippen LogP contribution in [-0.2, 0) is 0 Å². The number of benzene rings is 2. The van der Waals surface area contributed by atoms with E-state index in [1.807, 2.05) is 0 Å². The predicted molar refractivity (Wildman–Crippen MR) is 110 cm³/mol. The Morgan fingerprint density at radius 1 is 1.10 bits per heavy atom. The lowest BCUT2D eigenvalue weighted by Gasteiger charge is -2.12. The number of ether oxygens (including phenoxy) is 3. The summed E-state index contributed by atoms with van der Waals surface area (Å²) in [5.74, 6) is 1.05. The van der Waals surface area contributed by atoms with Gasteiger partial charge in [-0.25, -0.2) is 5.43 Å². The molecule has 150 valence electrons. The maximum absolute atomic E-state index is 12.4. The largest absolute Gasteiger partial charge is 0.496 e. The van der Waals surface area contributed by atoms with E-state index in [0.29, 0.717) is 33.1 Å². The van der Waals surface area contributed by atoms with Gasteiger partial charge in [0, 0.05) is 34.4 Å². The SMILES string of the molecule is COc1cc(OC)c(/C=N\NC(=O)c2cc3cc([N+](=O)[O-])ccc3s2)c(OC)c1. The first-order chi connectivity index (χ1) is 14.0. The number of carbonyl (C=O) groups is 1. The lowest BCUT2D eigenvalue weighted by Crippen LogP contribution is -2.16. The number of hydrazone groups is 1. The fraction of sp³-hybridized carbons (Fsp3) is 0.158. The fourth-order valence-corrected chi connectivity index (χ4v) is 3.56. The van der Waals surface area contributed by atoms with Crippen LogP contribution in [0, 0.1) is 10.1 Å². The lowest BCUT2D eigenvalue weighted by atomic mass is 10.2. The molecular weight excluding hydrogens is 398 g/mol. The second-order valence-electron chi connectivity index (χ2n) is 5.73. The molecule has 0 aliphatic heterocycles. The van der Waals surface area contributed by atoms with E-state index in [9.17, 15) is 14.9 Å². The molecule has 1 aromatic heterocycles. The maximum atomic E-state index is 12.4. The van der Waals surface area contributed by atoms with E-state index < -0.39 is 10.8 Å². The third-order valence-electron chi connectivity index (χ3n) is 4.05. The first-order valence-electron chi connectivity index (χ1n) is 8.28. The average molecular weight is 415 g/mol. The van der Waals surface area contributed by atoms with Gasteiger partial charge in [0.25, 0.3) is 11.6 Å². The van der Waals surface area contributed by atoms with Crippen LogP contribution in [-0.4, -0.2) is 38.4 Å². The Morgan fingerprint density at radius 3 is 2.38 bits per heavy atom. The van der Waals surface area contributed by atoms with Gasteiger partial charge in [-0.3, -0.25) is 14.9 Å². The van der Waals surface area contributed by atoms with Crippen molar-refractivity contribution in [2.24, 2.45) is 5.10 Å². The normalized spacial score (nSPS) is 10.9. The summed E-state index contributed by atoms with van der Waals surface area (Å²) in [4.78, 5) is 23.2. The van der Waals surface area contributed by atoms with E-state index in [1.54, 1.807) is 24.3 Å². The summed E-state index contributed by atoms with van der Waals surface area (Å²) in [6.07, 6.45) is 1.41. The highest BCUT2D eigenvalue weighted by Crippen LogP contribution is 2.33. The molecule has 1 amide bonds. The first kappa shape index (κ1) is 20.1. The van der Waals surface area contributed by atoms with E-state index in [-0.39, 0.29) is 5.69 Å². The summed E-state index contributed by atoms with van der Waals surface area (Å²) in [5, 5.41) is 15.5. The van der Waals surface area contributed by atoms with E-state index in [2.05, 4.69) is 10.5 Å². The van der Waals surface area contributed by atoms with Crippen LogP contribution in [0.3, 0.4) is 0 Å². The Labute approximate surface area is 169 Å². The topological polar surface area (TPSA) is 112 Å². The van der Waals surface area contributed by atoms with Crippen molar-refractivity contribution in [2.45, 2.75) is 0 Å². The smallest absolute Gasteiger partial charge is 0.281 e. The highest BCUT2D eigenvalue weighted by Gasteiger charge is 2.14. The van der Waals surface area contributed by atoms with Crippen LogP contribution in [0.1, 0.15) is 15.2 Å². The molecule has 2 aromatic carbocycles. The van der Waals surface area contributed by atoms with E-state index in [0.717, 1.165) is 4.70 Å². The minimum atomic E-state index is -0.475. The number of fused-ring (bicyclic) bond motifs is 1. The standard InChI is InChI=1S/C19H17N3O6S/c1-26-13-8-15(27-2)14(16(9-13)28-3)10-20-21-19(23)18-7-11-6-12(22(24)25)4-5-17(11)29-18/h4-10H,1-3H3,(H,21,23)/b20-10-. The molecule has 0 atom stereocenters. The fourth-order valence-electron chi connectivity index (χ4n) is 2.63. The van der Waals surface area contributed by atoms with Crippen LogP contribution < -0.4 is 19.6 Å². The third kappa shape index (κ3) is 4.27. The average Bonchev–Trinajstić information content (AvgIpc) is 3.16. The number of methoxy groups -OCH3 is 3. The van der Waals surface area contributed by atoms with Crippen molar-refractivity contribution in [3.63, 3.8) is 0 Å². The Morgan fingerprint density at radius 2 is 1.79 bits per heavy atom. The third-order valence-corrected chi connectivity index (χ3v) is 5.16. The molecular formula is C19H17N3O6S.